The monoisotopic (exact) mass is 1410 g/mol. The maximum absolute atomic E-state index is 14.7. The zero-order valence-electron chi connectivity index (χ0n) is 53.5. The van der Waals surface area contributed by atoms with Gasteiger partial charge in [0.1, 0.15) is 36.6 Å². The second-order valence-corrected chi connectivity index (χ2v) is 23.9. The van der Waals surface area contributed by atoms with Gasteiger partial charge in [0.2, 0.25) is 35.9 Å². The Kier molecular flexibility index (Phi) is 43.0. The summed E-state index contributed by atoms with van der Waals surface area (Å²) in [5, 5.41) is 185. The fourth-order valence-corrected chi connectivity index (χ4v) is 9.89. The van der Waals surface area contributed by atoms with E-state index < -0.39 is 303 Å². The molecule has 0 unspecified atom stereocenters. The number of carboxylic acid groups (broad SMARTS) is 3. The molecule has 37 heteroatoms. The van der Waals surface area contributed by atoms with Crippen LogP contribution in [0.5, 0.6) is 0 Å². The highest BCUT2D eigenvalue weighted by Gasteiger charge is 2.36. The number of hydrogen-bond donors (Lipinski definition) is 25. The molecule has 0 aromatic heterocycles. The van der Waals surface area contributed by atoms with Gasteiger partial charge in [-0.15, -0.1) is 0 Å². The number of carbonyl (C=O) groups excluding carboxylic acids is 9. The van der Waals surface area contributed by atoms with E-state index >= 15 is 0 Å². The quantitative estimate of drug-likeness (QED) is 0.0213. The predicted octanol–water partition coefficient (Wildman–Crippen LogP) is -8.85. The number of nitrogens with one attached hydrogen (secondary N) is 7. The average molecular weight is 1410 g/mol. The van der Waals surface area contributed by atoms with Gasteiger partial charge < -0.3 is 124 Å². The minimum absolute atomic E-state index is 0.141. The minimum atomic E-state index is -2.13. The molecule has 36 nitrogen and oxygen atoms in total. The third kappa shape index (κ3) is 34.5. The Morgan fingerprint density at radius 2 is 0.856 bits per heavy atom. The van der Waals surface area contributed by atoms with E-state index in [-0.39, 0.29) is 18.7 Å². The molecule has 0 saturated heterocycles. The van der Waals surface area contributed by atoms with Crippen LogP contribution in [-0.4, -0.2) is 295 Å². The van der Waals surface area contributed by atoms with E-state index in [4.69, 9.17) is 10.2 Å². The lowest BCUT2D eigenvalue weighted by molar-refractivity contribution is -0.143. The number of aliphatic hydroxyl groups is 14. The fourth-order valence-electron chi connectivity index (χ4n) is 9.60. The molecule has 0 heterocycles. The van der Waals surface area contributed by atoms with Gasteiger partial charge in [0.15, 0.2) is 17.3 Å². The second kappa shape index (κ2) is 47.2. The smallest absolute Gasteiger partial charge is 0.307 e. The van der Waals surface area contributed by atoms with Crippen molar-refractivity contribution in [2.75, 3.05) is 51.8 Å². The standard InChI is InChI=1S/C60H97N7O29S/c1-30(45(78)25-68)54(89)42(75)22-63-48(81)11-8-36(40(73)19-35(28-97)60(95)96)62-21-33(6-14-52(85)86)16-39(72)38(10-13-50(83)65-24-44(77)56(91)58(93)47(80)27-70)67-59(94)34(7-15-53(87)88)18-41(74)37(66-51(84)17-31-2-4-32(5-3-31)20-61-29-71)9-12-49(82)64-23-43(76)55(90)57(92)46(79)26-69/h2-5,29-30,33-38,42-47,54-58,62,68-70,75-80,89-93,97H,6-28H2,1H3,(H,61,71)(H,63,81)(H,64,82)(H,65,83)(H,66,84)(H,67,94)(H,85,86)(H,87,88)(H,95,96)/t30-,33+,34+,35-,36+,37+,38+,42+,43+,44+,45-,46-,47-,54+,55-,56-,57-,58-/m1/s1. The molecule has 1 aromatic rings. The normalized spacial score (nSPS) is 17.1. The zero-order chi connectivity index (χ0) is 73.6. The molecule has 0 spiro atoms. The zero-order valence-corrected chi connectivity index (χ0v) is 54.4. The molecule has 97 heavy (non-hydrogen) atoms. The van der Waals surface area contributed by atoms with Gasteiger partial charge in [0, 0.05) is 95.1 Å². The first-order chi connectivity index (χ1) is 45.6. The average Bonchev–Trinajstić information content (AvgIpc) is 0.922. The molecule has 18 atom stereocenters. The summed E-state index contributed by atoms with van der Waals surface area (Å²) in [5.41, 5.74) is 1.03. The van der Waals surface area contributed by atoms with Crippen LogP contribution in [0.4, 0.5) is 0 Å². The lowest BCUT2D eigenvalue weighted by Crippen LogP contribution is -2.50. The van der Waals surface area contributed by atoms with Gasteiger partial charge in [-0.3, -0.25) is 57.5 Å². The summed E-state index contributed by atoms with van der Waals surface area (Å²) in [5.74, 6) is -17.4. The lowest BCUT2D eigenvalue weighted by atomic mass is 9.89. The minimum Gasteiger partial charge on any atom is -0.481 e. The van der Waals surface area contributed by atoms with E-state index in [1.807, 2.05) is 0 Å². The molecule has 0 bridgehead atoms. The largest absolute Gasteiger partial charge is 0.481 e. The van der Waals surface area contributed by atoms with Crippen LogP contribution in [0.2, 0.25) is 0 Å². The molecule has 6 amide bonds. The van der Waals surface area contributed by atoms with Crippen molar-refractivity contribution in [1.29, 1.82) is 0 Å². The number of rotatable bonds is 55. The van der Waals surface area contributed by atoms with Crippen molar-refractivity contribution in [1.82, 2.24) is 37.2 Å². The highest BCUT2D eigenvalue weighted by molar-refractivity contribution is 7.80. The maximum atomic E-state index is 14.7. The number of carboxylic acids is 3. The Hall–Kier alpha value is -6.79. The van der Waals surface area contributed by atoms with E-state index in [1.165, 1.54) is 19.1 Å². The fraction of sp³-hybridized carbons (Fsp3) is 0.700. The number of hydrogen-bond acceptors (Lipinski definition) is 28. The van der Waals surface area contributed by atoms with Crippen LogP contribution in [0.1, 0.15) is 102 Å². The van der Waals surface area contributed by atoms with Crippen LogP contribution >= 0.6 is 12.6 Å². The molecular formula is C60H97N7O29S. The van der Waals surface area contributed by atoms with Gasteiger partial charge in [0.05, 0.1) is 80.8 Å². The van der Waals surface area contributed by atoms with E-state index in [2.05, 4.69) is 49.8 Å². The summed E-state index contributed by atoms with van der Waals surface area (Å²) in [7, 11) is 0. The van der Waals surface area contributed by atoms with Crippen molar-refractivity contribution in [3.63, 3.8) is 0 Å². The highest BCUT2D eigenvalue weighted by Crippen LogP contribution is 2.21. The number of carbonyl (C=O) groups is 12. The molecule has 1 aromatic carbocycles. The Bertz CT molecular complexity index is 2650. The first-order valence-corrected chi connectivity index (χ1v) is 31.8. The van der Waals surface area contributed by atoms with Crippen LogP contribution in [0.3, 0.4) is 0 Å². The van der Waals surface area contributed by atoms with Crippen molar-refractivity contribution in [2.45, 2.75) is 189 Å². The molecule has 0 fully saturated rings. The molecule has 0 radical (unpaired) electrons. The van der Waals surface area contributed by atoms with Gasteiger partial charge >= 0.3 is 17.9 Å². The topological polar surface area (TPSA) is 633 Å². The molecule has 0 aliphatic heterocycles. The Morgan fingerprint density at radius 3 is 1.30 bits per heavy atom. The number of amides is 6. The summed E-state index contributed by atoms with van der Waals surface area (Å²) in [6.45, 7) is -3.93. The third-order valence-electron chi connectivity index (χ3n) is 15.9. The van der Waals surface area contributed by atoms with Gasteiger partial charge in [-0.05, 0) is 55.7 Å². The predicted molar refractivity (Wildman–Crippen MR) is 336 cm³/mol. The van der Waals surface area contributed by atoms with Gasteiger partial charge in [0.25, 0.3) is 0 Å². The molecular weight excluding hydrogens is 1310 g/mol. The first-order valence-electron chi connectivity index (χ1n) is 31.2. The summed E-state index contributed by atoms with van der Waals surface area (Å²) >= 11 is 4.01. The Morgan fingerprint density at radius 1 is 0.454 bits per heavy atom. The molecule has 0 aliphatic rings. The molecule has 552 valence electrons. The number of aliphatic hydroxyl groups excluding tert-OH is 14. The van der Waals surface area contributed by atoms with Crippen LogP contribution in [0, 0.1) is 23.7 Å². The number of ketones is 3. The van der Waals surface area contributed by atoms with E-state index in [9.17, 15) is 134 Å². The molecule has 0 saturated carbocycles. The summed E-state index contributed by atoms with van der Waals surface area (Å²) in [4.78, 5) is 157. The maximum Gasteiger partial charge on any atom is 0.307 e. The van der Waals surface area contributed by atoms with Crippen molar-refractivity contribution in [2.24, 2.45) is 23.7 Å². The lowest BCUT2D eigenvalue weighted by Gasteiger charge is -2.27. The summed E-state index contributed by atoms with van der Waals surface area (Å²) < 4.78 is 0. The van der Waals surface area contributed by atoms with Crippen LogP contribution in [0.25, 0.3) is 0 Å². The molecule has 24 N–H and O–H groups in total. The number of thiol groups is 1. The summed E-state index contributed by atoms with van der Waals surface area (Å²) in [6.07, 6.45) is -29.0. The van der Waals surface area contributed by atoms with Crippen molar-refractivity contribution in [3.05, 3.63) is 35.4 Å². The SMILES string of the molecule is C[C@@H]([C@H](O)[C@@H](O)CNC(=O)CC[C@H](NC[C@@H](CCC(=O)O)CC(=O)[C@H](CCC(=O)NC[C@H](O)[C@@H](O)[C@H](O)[C@H](O)CO)NC(=O)[C@@H](CCC(=O)O)CC(=O)[C@H](CCC(=O)NC[C@H](O)[C@@H](O)[C@H](O)[C@H](O)CO)NC(=O)Cc1ccc(CNC=O)cc1)C(=O)C[C@H](CS)C(=O)O)[C@H](O)CO. The van der Waals surface area contributed by atoms with Crippen LogP contribution in [0.15, 0.2) is 24.3 Å². The second-order valence-electron chi connectivity index (χ2n) is 23.6. The van der Waals surface area contributed by atoms with Gasteiger partial charge in [-0.25, -0.2) is 0 Å². The highest BCUT2D eigenvalue weighted by atomic mass is 32.1. The van der Waals surface area contributed by atoms with E-state index in [0.29, 0.717) is 17.5 Å². The van der Waals surface area contributed by atoms with Crippen molar-refractivity contribution < 1.29 is 144 Å². The van der Waals surface area contributed by atoms with Crippen molar-refractivity contribution in [3.8, 4) is 0 Å². The number of Topliss-reactive ketones (excluding diaryl/α,β-unsaturated/α-hetero) is 3. The molecule has 1 rings (SSSR count). The van der Waals surface area contributed by atoms with E-state index in [1.54, 1.807) is 12.1 Å². The van der Waals surface area contributed by atoms with Crippen LogP contribution < -0.4 is 37.2 Å². The number of aliphatic carboxylic acids is 3. The summed E-state index contributed by atoms with van der Waals surface area (Å²) in [6, 6.07) is 1.34. The van der Waals surface area contributed by atoms with Gasteiger partial charge in [-0.1, -0.05) is 31.2 Å². The molecule has 0 aliphatic carbocycles. The van der Waals surface area contributed by atoms with Gasteiger partial charge in [-0.2, -0.15) is 12.6 Å². The number of benzene rings is 1. The van der Waals surface area contributed by atoms with Crippen LogP contribution in [-0.2, 0) is 70.5 Å². The Balaban J connectivity index is 3.83. The van der Waals surface area contributed by atoms with Crippen molar-refractivity contribution >= 4 is 83.8 Å². The Labute approximate surface area is 563 Å². The first kappa shape index (κ1) is 88.2. The van der Waals surface area contributed by atoms with E-state index in [0.717, 1.165) is 0 Å². The third-order valence-corrected chi connectivity index (χ3v) is 16.4.